The van der Waals surface area contributed by atoms with Crippen molar-refractivity contribution in [2.75, 3.05) is 17.2 Å². The number of nitrogens with zero attached hydrogens (tertiary/aromatic N) is 1. The first-order valence-electron chi connectivity index (χ1n) is 6.83. The lowest BCUT2D eigenvalue weighted by molar-refractivity contribution is -0.138. The molecule has 0 unspecified atom stereocenters. The van der Waals surface area contributed by atoms with E-state index in [9.17, 15) is 9.59 Å². The summed E-state index contributed by atoms with van der Waals surface area (Å²) >= 11 is 0. The highest BCUT2D eigenvalue weighted by molar-refractivity contribution is 5.91. The fourth-order valence-corrected chi connectivity index (χ4v) is 1.61. The van der Waals surface area contributed by atoms with Crippen molar-refractivity contribution >= 4 is 23.4 Å². The van der Waals surface area contributed by atoms with Crippen molar-refractivity contribution in [3.05, 3.63) is 18.3 Å². The van der Waals surface area contributed by atoms with Crippen LogP contribution in [0.1, 0.15) is 39.0 Å². The average Bonchev–Trinajstić information content (AvgIpc) is 2.43. The van der Waals surface area contributed by atoms with E-state index in [0.717, 1.165) is 18.7 Å². The zero-order chi connectivity index (χ0) is 14.8. The minimum Gasteiger partial charge on any atom is -0.481 e. The first kappa shape index (κ1) is 15.9. The molecule has 0 aromatic carbocycles. The summed E-state index contributed by atoms with van der Waals surface area (Å²) in [6, 6.07) is 3.53. The molecule has 0 aliphatic rings. The Morgan fingerprint density at radius 3 is 2.65 bits per heavy atom. The molecular formula is C14H21N3O3. The third-order valence-corrected chi connectivity index (χ3v) is 2.71. The predicted octanol–water partition coefficient (Wildman–Crippen LogP) is 2.49. The number of carboxylic acid groups (broad SMARTS) is 1. The van der Waals surface area contributed by atoms with Crippen molar-refractivity contribution in [1.29, 1.82) is 0 Å². The van der Waals surface area contributed by atoms with E-state index in [0.29, 0.717) is 5.82 Å². The maximum absolute atomic E-state index is 11.4. The minimum absolute atomic E-state index is 0.0476. The number of carbonyl (C=O) groups excluding carboxylic acids is 1. The van der Waals surface area contributed by atoms with E-state index in [1.54, 1.807) is 12.3 Å². The van der Waals surface area contributed by atoms with Crippen LogP contribution in [0.3, 0.4) is 0 Å². The number of hydrogen-bond donors (Lipinski definition) is 3. The molecule has 110 valence electrons. The molecule has 0 spiro atoms. The molecule has 1 aromatic heterocycles. The summed E-state index contributed by atoms with van der Waals surface area (Å²) < 4.78 is 0. The van der Waals surface area contributed by atoms with Gasteiger partial charge in [-0.25, -0.2) is 4.98 Å². The predicted molar refractivity (Wildman–Crippen MR) is 77.8 cm³/mol. The lowest BCUT2D eigenvalue weighted by Crippen LogP contribution is -2.14. The molecule has 1 aromatic rings. The molecule has 0 saturated heterocycles. The molecule has 0 bridgehead atoms. The second-order valence-corrected chi connectivity index (χ2v) is 4.51. The van der Waals surface area contributed by atoms with Crippen LogP contribution in [-0.4, -0.2) is 28.5 Å². The number of hydrogen-bond acceptors (Lipinski definition) is 4. The van der Waals surface area contributed by atoms with E-state index in [2.05, 4.69) is 22.5 Å². The van der Waals surface area contributed by atoms with E-state index < -0.39 is 5.97 Å². The van der Waals surface area contributed by atoms with Gasteiger partial charge in [0.1, 0.15) is 5.82 Å². The van der Waals surface area contributed by atoms with Gasteiger partial charge in [-0.1, -0.05) is 19.8 Å². The zero-order valence-corrected chi connectivity index (χ0v) is 11.7. The molecule has 1 amide bonds. The van der Waals surface area contributed by atoms with E-state index in [1.807, 2.05) is 6.07 Å². The number of rotatable bonds is 9. The summed E-state index contributed by atoms with van der Waals surface area (Å²) in [7, 11) is 0. The van der Waals surface area contributed by atoms with Crippen LogP contribution in [0.2, 0.25) is 0 Å². The van der Waals surface area contributed by atoms with Gasteiger partial charge in [0.15, 0.2) is 0 Å². The van der Waals surface area contributed by atoms with E-state index in [4.69, 9.17) is 5.11 Å². The number of amides is 1. The van der Waals surface area contributed by atoms with Crippen molar-refractivity contribution < 1.29 is 14.7 Å². The summed E-state index contributed by atoms with van der Waals surface area (Å²) in [6.45, 7) is 3.06. The molecule has 0 fully saturated rings. The van der Waals surface area contributed by atoms with Crippen molar-refractivity contribution in [3.63, 3.8) is 0 Å². The number of nitrogens with one attached hydrogen (secondary N) is 2. The monoisotopic (exact) mass is 279 g/mol. The molecule has 0 atom stereocenters. The molecule has 1 heterocycles. The molecule has 1 rings (SSSR count). The van der Waals surface area contributed by atoms with E-state index in [1.165, 1.54) is 12.8 Å². The van der Waals surface area contributed by atoms with Gasteiger partial charge in [0.25, 0.3) is 0 Å². The Balaban J connectivity index is 2.34. The topological polar surface area (TPSA) is 91.3 Å². The van der Waals surface area contributed by atoms with Crippen LogP contribution in [0, 0.1) is 0 Å². The number of carbonyl (C=O) groups is 2. The minimum atomic E-state index is -0.986. The molecule has 0 aliphatic heterocycles. The number of aliphatic carboxylic acids is 1. The third kappa shape index (κ3) is 6.72. The van der Waals surface area contributed by atoms with Gasteiger partial charge in [-0.15, -0.1) is 0 Å². The highest BCUT2D eigenvalue weighted by Crippen LogP contribution is 2.10. The maximum Gasteiger partial charge on any atom is 0.303 e. The Bertz CT molecular complexity index is 432. The first-order chi connectivity index (χ1) is 9.61. The third-order valence-electron chi connectivity index (χ3n) is 2.71. The van der Waals surface area contributed by atoms with Gasteiger partial charge in [-0.05, 0) is 18.6 Å². The van der Waals surface area contributed by atoms with Crippen molar-refractivity contribution in [2.45, 2.75) is 39.0 Å². The van der Waals surface area contributed by atoms with Gasteiger partial charge in [0.05, 0.1) is 18.3 Å². The SMILES string of the molecule is CCCCCNc1ccc(NC(=O)CCC(=O)O)nc1. The van der Waals surface area contributed by atoms with Crippen LogP contribution < -0.4 is 10.6 Å². The Kier molecular flexibility index (Phi) is 7.10. The average molecular weight is 279 g/mol. The fourth-order valence-electron chi connectivity index (χ4n) is 1.61. The number of aromatic nitrogens is 1. The normalized spacial score (nSPS) is 10.1. The van der Waals surface area contributed by atoms with Gasteiger partial charge in [0.2, 0.25) is 5.91 Å². The Hall–Kier alpha value is -2.11. The molecule has 0 radical (unpaired) electrons. The largest absolute Gasteiger partial charge is 0.481 e. The summed E-state index contributed by atoms with van der Waals surface area (Å²) in [5, 5.41) is 14.3. The van der Waals surface area contributed by atoms with Gasteiger partial charge in [0, 0.05) is 13.0 Å². The quantitative estimate of drug-likeness (QED) is 0.604. The van der Waals surface area contributed by atoms with Crippen LogP contribution in [0.25, 0.3) is 0 Å². The molecule has 3 N–H and O–H groups in total. The second kappa shape index (κ2) is 8.90. The number of unbranched alkanes of at least 4 members (excludes halogenated alkanes) is 2. The summed E-state index contributed by atoms with van der Waals surface area (Å²) in [5.41, 5.74) is 0.907. The smallest absolute Gasteiger partial charge is 0.303 e. The molecule has 6 heteroatoms. The summed E-state index contributed by atoms with van der Waals surface area (Å²) in [6.07, 6.45) is 4.92. The van der Waals surface area contributed by atoms with Crippen molar-refractivity contribution in [2.24, 2.45) is 0 Å². The van der Waals surface area contributed by atoms with Crippen LogP contribution in [-0.2, 0) is 9.59 Å². The number of carboxylic acids is 1. The van der Waals surface area contributed by atoms with E-state index >= 15 is 0 Å². The zero-order valence-electron chi connectivity index (χ0n) is 11.7. The second-order valence-electron chi connectivity index (χ2n) is 4.51. The van der Waals surface area contributed by atoms with Gasteiger partial charge in [-0.2, -0.15) is 0 Å². The van der Waals surface area contributed by atoms with Crippen molar-refractivity contribution in [1.82, 2.24) is 4.98 Å². The van der Waals surface area contributed by atoms with Gasteiger partial charge >= 0.3 is 5.97 Å². The summed E-state index contributed by atoms with van der Waals surface area (Å²) in [5.74, 6) is -0.900. The van der Waals surface area contributed by atoms with Crippen molar-refractivity contribution in [3.8, 4) is 0 Å². The Morgan fingerprint density at radius 2 is 2.05 bits per heavy atom. The Morgan fingerprint density at radius 1 is 1.25 bits per heavy atom. The fraction of sp³-hybridized carbons (Fsp3) is 0.500. The van der Waals surface area contributed by atoms with E-state index in [-0.39, 0.29) is 18.7 Å². The number of anilines is 2. The highest BCUT2D eigenvalue weighted by atomic mass is 16.4. The van der Waals surface area contributed by atoms with Crippen LogP contribution >= 0.6 is 0 Å². The van der Waals surface area contributed by atoms with Crippen LogP contribution in [0.15, 0.2) is 18.3 Å². The molecule has 6 nitrogen and oxygen atoms in total. The highest BCUT2D eigenvalue weighted by Gasteiger charge is 2.06. The molecule has 0 aliphatic carbocycles. The standard InChI is InChI=1S/C14H21N3O3/c1-2-3-4-9-15-11-5-6-12(16-10-11)17-13(18)7-8-14(19)20/h5-6,10,15H,2-4,7-9H2,1H3,(H,19,20)(H,16,17,18). The van der Waals surface area contributed by atoms with Gasteiger partial charge in [-0.3, -0.25) is 9.59 Å². The Labute approximate surface area is 118 Å². The van der Waals surface area contributed by atoms with Crippen LogP contribution in [0.5, 0.6) is 0 Å². The van der Waals surface area contributed by atoms with Crippen LogP contribution in [0.4, 0.5) is 11.5 Å². The lowest BCUT2D eigenvalue weighted by atomic mass is 10.2. The maximum atomic E-state index is 11.4. The first-order valence-corrected chi connectivity index (χ1v) is 6.83. The molecule has 0 saturated carbocycles. The number of pyridine rings is 1. The molecular weight excluding hydrogens is 258 g/mol. The van der Waals surface area contributed by atoms with Gasteiger partial charge < -0.3 is 15.7 Å². The molecule has 20 heavy (non-hydrogen) atoms. The summed E-state index contributed by atoms with van der Waals surface area (Å²) in [4.78, 5) is 25.9. The lowest BCUT2D eigenvalue weighted by Gasteiger charge is -2.07.